The lowest BCUT2D eigenvalue weighted by molar-refractivity contribution is 0.309. The van der Waals surface area contributed by atoms with Crippen LogP contribution in [-0.4, -0.2) is 11.7 Å². The van der Waals surface area contributed by atoms with Gasteiger partial charge in [-0.3, -0.25) is 0 Å². The van der Waals surface area contributed by atoms with Gasteiger partial charge in [0.25, 0.3) is 0 Å². The SMILES string of the molecule is CCCCOc1ccc(O)cc1. The van der Waals surface area contributed by atoms with Crippen molar-refractivity contribution >= 4 is 0 Å². The quantitative estimate of drug-likeness (QED) is 0.696. The lowest BCUT2D eigenvalue weighted by atomic mass is 10.3. The highest BCUT2D eigenvalue weighted by atomic mass is 16.5. The fourth-order valence-electron chi connectivity index (χ4n) is 0.877. The van der Waals surface area contributed by atoms with Crippen molar-refractivity contribution in [3.63, 3.8) is 0 Å². The lowest BCUT2D eigenvalue weighted by Crippen LogP contribution is -1.95. The average molecular weight is 166 g/mol. The highest BCUT2D eigenvalue weighted by Gasteiger charge is 1.92. The maximum absolute atomic E-state index is 8.97. The zero-order valence-electron chi connectivity index (χ0n) is 7.29. The third kappa shape index (κ3) is 2.82. The van der Waals surface area contributed by atoms with E-state index >= 15 is 0 Å². The zero-order chi connectivity index (χ0) is 8.81. The Hall–Kier alpha value is -1.18. The molecule has 0 aliphatic heterocycles. The number of hydrogen-bond acceptors (Lipinski definition) is 2. The standard InChI is InChI=1S/C10H14O2/c1-2-3-8-12-10-6-4-9(11)5-7-10/h4-7,11H,2-3,8H2,1H3. The van der Waals surface area contributed by atoms with Crippen molar-refractivity contribution in [1.82, 2.24) is 0 Å². The summed E-state index contributed by atoms with van der Waals surface area (Å²) in [5.74, 6) is 1.10. The van der Waals surface area contributed by atoms with E-state index in [-0.39, 0.29) is 5.75 Å². The van der Waals surface area contributed by atoms with Crippen LogP contribution >= 0.6 is 0 Å². The van der Waals surface area contributed by atoms with Crippen molar-refractivity contribution in [3.8, 4) is 11.5 Å². The average Bonchev–Trinajstić information content (AvgIpc) is 2.09. The minimum Gasteiger partial charge on any atom is -0.508 e. The monoisotopic (exact) mass is 166 g/mol. The van der Waals surface area contributed by atoms with Gasteiger partial charge < -0.3 is 9.84 Å². The van der Waals surface area contributed by atoms with E-state index in [4.69, 9.17) is 9.84 Å². The van der Waals surface area contributed by atoms with E-state index in [1.165, 1.54) is 0 Å². The van der Waals surface area contributed by atoms with E-state index in [1.54, 1.807) is 24.3 Å². The lowest BCUT2D eigenvalue weighted by Gasteiger charge is -2.04. The summed E-state index contributed by atoms with van der Waals surface area (Å²) in [6, 6.07) is 6.79. The van der Waals surface area contributed by atoms with E-state index in [0.29, 0.717) is 0 Å². The first-order valence-corrected chi connectivity index (χ1v) is 4.24. The number of ether oxygens (including phenoxy) is 1. The van der Waals surface area contributed by atoms with Crippen molar-refractivity contribution in [3.05, 3.63) is 24.3 Å². The number of rotatable bonds is 4. The largest absolute Gasteiger partial charge is 0.508 e. The maximum atomic E-state index is 8.97. The Kier molecular flexibility index (Phi) is 3.45. The summed E-state index contributed by atoms with van der Waals surface area (Å²) in [5.41, 5.74) is 0. The van der Waals surface area contributed by atoms with Crippen LogP contribution in [0.5, 0.6) is 11.5 Å². The van der Waals surface area contributed by atoms with Gasteiger partial charge in [-0.05, 0) is 30.7 Å². The molecule has 0 aliphatic carbocycles. The summed E-state index contributed by atoms with van der Waals surface area (Å²) in [6.45, 7) is 2.88. The first kappa shape index (κ1) is 8.91. The molecule has 2 nitrogen and oxygen atoms in total. The fourth-order valence-corrected chi connectivity index (χ4v) is 0.877. The third-order valence-electron chi connectivity index (χ3n) is 1.60. The summed E-state index contributed by atoms with van der Waals surface area (Å²) < 4.78 is 5.39. The second-order valence-electron chi connectivity index (χ2n) is 2.70. The Morgan fingerprint density at radius 2 is 1.92 bits per heavy atom. The summed E-state index contributed by atoms with van der Waals surface area (Å²) in [7, 11) is 0. The molecule has 0 atom stereocenters. The third-order valence-corrected chi connectivity index (χ3v) is 1.60. The number of benzene rings is 1. The van der Waals surface area contributed by atoms with Crippen molar-refractivity contribution in [2.24, 2.45) is 0 Å². The van der Waals surface area contributed by atoms with Crippen molar-refractivity contribution < 1.29 is 9.84 Å². The van der Waals surface area contributed by atoms with Gasteiger partial charge in [0.15, 0.2) is 0 Å². The molecule has 1 rings (SSSR count). The van der Waals surface area contributed by atoms with Crippen molar-refractivity contribution in [2.75, 3.05) is 6.61 Å². The molecule has 0 fully saturated rings. The summed E-state index contributed by atoms with van der Waals surface area (Å²) in [6.07, 6.45) is 2.21. The van der Waals surface area contributed by atoms with Gasteiger partial charge in [0, 0.05) is 0 Å². The van der Waals surface area contributed by atoms with Crippen LogP contribution in [0.2, 0.25) is 0 Å². The normalized spacial score (nSPS) is 9.75. The molecule has 1 N–H and O–H groups in total. The van der Waals surface area contributed by atoms with Crippen LogP contribution in [0.3, 0.4) is 0 Å². The van der Waals surface area contributed by atoms with Gasteiger partial charge in [-0.1, -0.05) is 13.3 Å². The molecule has 66 valence electrons. The predicted octanol–water partition coefficient (Wildman–Crippen LogP) is 2.57. The molecule has 0 amide bonds. The van der Waals surface area contributed by atoms with Crippen LogP contribution in [0, 0.1) is 0 Å². The summed E-state index contributed by atoms with van der Waals surface area (Å²) >= 11 is 0. The van der Waals surface area contributed by atoms with Crippen LogP contribution in [0.25, 0.3) is 0 Å². The molecule has 0 saturated carbocycles. The van der Waals surface area contributed by atoms with E-state index in [0.717, 1.165) is 25.2 Å². The van der Waals surface area contributed by atoms with Crippen LogP contribution in [-0.2, 0) is 0 Å². The molecule has 12 heavy (non-hydrogen) atoms. The molecule has 1 aromatic rings. The highest BCUT2D eigenvalue weighted by Crippen LogP contribution is 2.15. The van der Waals surface area contributed by atoms with E-state index in [9.17, 15) is 0 Å². The van der Waals surface area contributed by atoms with Gasteiger partial charge in [0.2, 0.25) is 0 Å². The Bertz CT molecular complexity index is 216. The van der Waals surface area contributed by atoms with Gasteiger partial charge in [-0.2, -0.15) is 0 Å². The number of hydrogen-bond donors (Lipinski definition) is 1. The van der Waals surface area contributed by atoms with Gasteiger partial charge in [0.1, 0.15) is 11.5 Å². The van der Waals surface area contributed by atoms with E-state index < -0.39 is 0 Å². The molecule has 0 aliphatic rings. The van der Waals surface area contributed by atoms with E-state index in [2.05, 4.69) is 6.92 Å². The minimum atomic E-state index is 0.276. The number of aromatic hydroxyl groups is 1. The number of unbranched alkanes of at least 4 members (excludes halogenated alkanes) is 1. The van der Waals surface area contributed by atoms with E-state index in [1.807, 2.05) is 0 Å². The van der Waals surface area contributed by atoms with Crippen molar-refractivity contribution in [2.45, 2.75) is 19.8 Å². The molecule has 0 radical (unpaired) electrons. The summed E-state index contributed by atoms with van der Waals surface area (Å²) in [4.78, 5) is 0. The molecular weight excluding hydrogens is 152 g/mol. The minimum absolute atomic E-state index is 0.276. The topological polar surface area (TPSA) is 29.5 Å². The van der Waals surface area contributed by atoms with Gasteiger partial charge in [-0.25, -0.2) is 0 Å². The first-order valence-electron chi connectivity index (χ1n) is 4.24. The van der Waals surface area contributed by atoms with Gasteiger partial charge in [-0.15, -0.1) is 0 Å². The zero-order valence-corrected chi connectivity index (χ0v) is 7.29. The predicted molar refractivity (Wildman–Crippen MR) is 48.5 cm³/mol. The van der Waals surface area contributed by atoms with Gasteiger partial charge in [0.05, 0.1) is 6.61 Å². The highest BCUT2D eigenvalue weighted by molar-refractivity contribution is 5.29. The Balaban J connectivity index is 2.37. The van der Waals surface area contributed by atoms with Crippen LogP contribution in [0.4, 0.5) is 0 Å². The van der Waals surface area contributed by atoms with Crippen LogP contribution < -0.4 is 4.74 Å². The molecule has 0 unspecified atom stereocenters. The smallest absolute Gasteiger partial charge is 0.119 e. The molecular formula is C10H14O2. The first-order chi connectivity index (χ1) is 5.83. The Labute approximate surface area is 72.8 Å². The molecule has 2 heteroatoms. The Morgan fingerprint density at radius 3 is 2.50 bits per heavy atom. The fraction of sp³-hybridized carbons (Fsp3) is 0.400. The second kappa shape index (κ2) is 4.65. The van der Waals surface area contributed by atoms with Crippen molar-refractivity contribution in [1.29, 1.82) is 0 Å². The molecule has 0 saturated heterocycles. The number of phenolic OH excluding ortho intramolecular Hbond substituents is 1. The maximum Gasteiger partial charge on any atom is 0.119 e. The second-order valence-corrected chi connectivity index (χ2v) is 2.70. The van der Waals surface area contributed by atoms with Crippen LogP contribution in [0.15, 0.2) is 24.3 Å². The molecule has 1 aromatic carbocycles. The Morgan fingerprint density at radius 1 is 1.25 bits per heavy atom. The summed E-state index contributed by atoms with van der Waals surface area (Å²) in [5, 5.41) is 8.97. The van der Waals surface area contributed by atoms with Crippen LogP contribution in [0.1, 0.15) is 19.8 Å². The van der Waals surface area contributed by atoms with Gasteiger partial charge >= 0.3 is 0 Å². The number of phenols is 1. The molecule has 0 aromatic heterocycles. The molecule has 0 bridgehead atoms. The molecule has 0 spiro atoms. The molecule has 0 heterocycles.